The molecule has 2 N–H and O–H groups in total. The molecule has 0 aromatic heterocycles. The van der Waals surface area contributed by atoms with E-state index < -0.39 is 43.2 Å². The molecular weight excluding hydrogens is 521 g/mol. The van der Waals surface area contributed by atoms with Crippen LogP contribution in [0.4, 0.5) is 42.1 Å². The van der Waals surface area contributed by atoms with E-state index in [1.165, 1.54) is 0 Å². The van der Waals surface area contributed by atoms with Crippen LogP contribution in [-0.4, -0.2) is 36.9 Å². The summed E-state index contributed by atoms with van der Waals surface area (Å²) in [5, 5.41) is 5.45. The topological polar surface area (TPSA) is 42.5 Å². The molecule has 0 spiro atoms. The first-order valence-corrected chi connectivity index (χ1v) is 9.51. The number of hydrogen-bond donors (Lipinski definition) is 2. The van der Waals surface area contributed by atoms with E-state index in [0.717, 1.165) is 22.7 Å². The maximum atomic E-state index is 13.1. The van der Waals surface area contributed by atoms with Crippen molar-refractivity contribution in [1.29, 1.82) is 0 Å². The van der Waals surface area contributed by atoms with E-state index >= 15 is 0 Å². The summed E-state index contributed by atoms with van der Waals surface area (Å²) in [6.07, 6.45) is -8.64. The van der Waals surface area contributed by atoms with Crippen LogP contribution in [0.25, 0.3) is 0 Å². The number of hydrogen-bond acceptors (Lipinski definition) is 3. The number of ether oxygens (including phenoxy) is 2. The van der Waals surface area contributed by atoms with Crippen molar-refractivity contribution in [1.82, 2.24) is 0 Å². The molecule has 0 amide bonds. The van der Waals surface area contributed by atoms with Gasteiger partial charge in [-0.25, -0.2) is 8.78 Å². The molecule has 2 aromatic rings. The van der Waals surface area contributed by atoms with Gasteiger partial charge in [-0.05, 0) is 36.5 Å². The Kier molecular flexibility index (Phi) is 8.34. The summed E-state index contributed by atoms with van der Waals surface area (Å²) in [6.45, 7) is -3.35. The van der Waals surface area contributed by atoms with Crippen LogP contribution >= 0.6 is 28.1 Å². The van der Waals surface area contributed by atoms with Crippen molar-refractivity contribution in [3.8, 4) is 11.5 Å². The monoisotopic (exact) mass is 534 g/mol. The maximum Gasteiger partial charge on any atom is 0.422 e. The largest absolute Gasteiger partial charge is 0.487 e. The fourth-order valence-corrected chi connectivity index (χ4v) is 2.54. The molecule has 0 bridgehead atoms. The average molecular weight is 535 g/mol. The zero-order valence-corrected chi connectivity index (χ0v) is 17.7. The molecule has 2 rings (SSSR count). The predicted molar refractivity (Wildman–Crippen MR) is 108 cm³/mol. The Morgan fingerprint density at radius 3 is 1.90 bits per heavy atom. The van der Waals surface area contributed by atoms with Gasteiger partial charge in [0.2, 0.25) is 0 Å². The van der Waals surface area contributed by atoms with Gasteiger partial charge in [0.1, 0.15) is 11.5 Å². The number of thiocarbonyl (C=S) groups is 1. The summed E-state index contributed by atoms with van der Waals surface area (Å²) in [6, 6.07) is 9.89. The van der Waals surface area contributed by atoms with E-state index in [1.54, 1.807) is 24.3 Å². The van der Waals surface area contributed by atoms with Crippen LogP contribution in [0.1, 0.15) is 0 Å². The Hall–Kier alpha value is -2.28. The molecule has 0 aliphatic heterocycles. The molecule has 4 nitrogen and oxygen atoms in total. The molecule has 0 atom stereocenters. The van der Waals surface area contributed by atoms with Gasteiger partial charge in [-0.15, -0.1) is 0 Å². The minimum atomic E-state index is -4.66. The van der Waals surface area contributed by atoms with Gasteiger partial charge in [-0.3, -0.25) is 0 Å². The van der Waals surface area contributed by atoms with Crippen LogP contribution in [-0.2, 0) is 0 Å². The Balaban J connectivity index is 2.16. The third-order valence-electron chi connectivity index (χ3n) is 3.39. The Labute approximate surface area is 185 Å². The minimum Gasteiger partial charge on any atom is -0.487 e. The van der Waals surface area contributed by atoms with Gasteiger partial charge in [-0.1, -0.05) is 15.9 Å². The van der Waals surface area contributed by atoms with Crippen molar-refractivity contribution >= 4 is 44.6 Å². The highest BCUT2D eigenvalue weighted by Crippen LogP contribution is 2.30. The molecule has 2 aromatic carbocycles. The van der Waals surface area contributed by atoms with Crippen molar-refractivity contribution in [3.05, 3.63) is 46.9 Å². The van der Waals surface area contributed by atoms with Crippen LogP contribution in [0.15, 0.2) is 46.9 Å². The smallest absolute Gasteiger partial charge is 0.422 e. The lowest BCUT2D eigenvalue weighted by atomic mass is 10.2. The average Bonchev–Trinajstić information content (AvgIpc) is 2.66. The first-order chi connectivity index (χ1) is 14.3. The van der Waals surface area contributed by atoms with Crippen LogP contribution in [0.5, 0.6) is 11.5 Å². The zero-order valence-electron chi connectivity index (χ0n) is 15.3. The molecule has 0 fully saturated rings. The number of alkyl halides is 7. The summed E-state index contributed by atoms with van der Waals surface area (Å²) in [7, 11) is 0. The zero-order chi connectivity index (χ0) is 23.2. The van der Waals surface area contributed by atoms with Crippen molar-refractivity contribution in [2.24, 2.45) is 0 Å². The molecular formula is C18H14BrF7N2O2S. The number of nitrogens with one attached hydrogen (secondary N) is 2. The molecule has 0 radical (unpaired) electrons. The van der Waals surface area contributed by atoms with Gasteiger partial charge in [0, 0.05) is 34.0 Å². The standard InChI is InChI=1S/C18H14BrF7N2O2S/c19-10-1-3-11(4-2-10)27-16(31)28-12-5-13(29-8-17(22,23)15(20)21)7-14(6-12)30-9-18(24,25)26/h1-7,15H,8-9H2,(H2,27,28,31). The first-order valence-electron chi connectivity index (χ1n) is 8.31. The van der Waals surface area contributed by atoms with Gasteiger partial charge in [-0.2, -0.15) is 22.0 Å². The summed E-state index contributed by atoms with van der Waals surface area (Å²) in [5.41, 5.74) is 0.600. The second kappa shape index (κ2) is 10.4. The molecule has 0 aliphatic carbocycles. The summed E-state index contributed by atoms with van der Waals surface area (Å²) < 4.78 is 98.2. The SMILES string of the molecule is FC(F)C(F)(F)COc1cc(NC(=S)Nc2ccc(Br)cc2)cc(OCC(F)(F)F)c1. The minimum absolute atomic E-state index is 0.0131. The van der Waals surface area contributed by atoms with Crippen molar-refractivity contribution in [2.75, 3.05) is 23.8 Å². The lowest BCUT2D eigenvalue weighted by molar-refractivity contribution is -0.153. The van der Waals surface area contributed by atoms with E-state index in [9.17, 15) is 30.7 Å². The van der Waals surface area contributed by atoms with E-state index in [0.29, 0.717) is 5.69 Å². The molecule has 0 saturated heterocycles. The molecule has 0 heterocycles. The van der Waals surface area contributed by atoms with Gasteiger partial charge in [0.05, 0.1) is 0 Å². The number of rotatable bonds is 8. The number of halogens is 8. The van der Waals surface area contributed by atoms with Gasteiger partial charge in [0.25, 0.3) is 0 Å². The van der Waals surface area contributed by atoms with E-state index in [1.807, 2.05) is 0 Å². The van der Waals surface area contributed by atoms with Crippen LogP contribution in [0.2, 0.25) is 0 Å². The highest BCUT2D eigenvalue weighted by molar-refractivity contribution is 9.10. The predicted octanol–water partition coefficient (Wildman–Crippen LogP) is 6.48. The van der Waals surface area contributed by atoms with Crippen molar-refractivity contribution in [2.45, 2.75) is 18.5 Å². The molecule has 31 heavy (non-hydrogen) atoms. The molecule has 0 saturated carbocycles. The van der Waals surface area contributed by atoms with Gasteiger partial charge in [0.15, 0.2) is 18.3 Å². The fourth-order valence-electron chi connectivity index (χ4n) is 2.04. The quantitative estimate of drug-likeness (QED) is 0.300. The van der Waals surface area contributed by atoms with Crippen LogP contribution in [0.3, 0.4) is 0 Å². The highest BCUT2D eigenvalue weighted by atomic mass is 79.9. The normalized spacial score (nSPS) is 11.9. The molecule has 13 heteroatoms. The van der Waals surface area contributed by atoms with Crippen molar-refractivity contribution in [3.63, 3.8) is 0 Å². The Morgan fingerprint density at radius 2 is 1.39 bits per heavy atom. The third-order valence-corrected chi connectivity index (χ3v) is 4.13. The molecule has 0 unspecified atom stereocenters. The van der Waals surface area contributed by atoms with Gasteiger partial charge >= 0.3 is 18.5 Å². The maximum absolute atomic E-state index is 13.1. The van der Waals surface area contributed by atoms with Crippen molar-refractivity contribution < 1.29 is 40.2 Å². The van der Waals surface area contributed by atoms with E-state index in [4.69, 9.17) is 12.2 Å². The highest BCUT2D eigenvalue weighted by Gasteiger charge is 2.41. The van der Waals surface area contributed by atoms with E-state index in [-0.39, 0.29) is 10.8 Å². The lowest BCUT2D eigenvalue weighted by Gasteiger charge is -2.18. The first kappa shape index (κ1) is 25.0. The Morgan fingerprint density at radius 1 is 0.871 bits per heavy atom. The van der Waals surface area contributed by atoms with E-state index in [2.05, 4.69) is 36.0 Å². The lowest BCUT2D eigenvalue weighted by Crippen LogP contribution is -2.33. The third kappa shape index (κ3) is 8.77. The summed E-state index contributed by atoms with van der Waals surface area (Å²) >= 11 is 8.37. The summed E-state index contributed by atoms with van der Waals surface area (Å²) in [4.78, 5) is 0. The van der Waals surface area contributed by atoms with Gasteiger partial charge < -0.3 is 20.1 Å². The Bertz CT molecular complexity index is 895. The number of anilines is 2. The molecule has 0 aliphatic rings. The molecule has 170 valence electrons. The summed E-state index contributed by atoms with van der Waals surface area (Å²) in [5.74, 6) is -5.27. The van der Waals surface area contributed by atoms with Crippen LogP contribution < -0.4 is 20.1 Å². The second-order valence-corrected chi connectivity index (χ2v) is 7.36. The van der Waals surface area contributed by atoms with Crippen LogP contribution in [0, 0.1) is 0 Å². The number of benzene rings is 2. The second-order valence-electron chi connectivity index (χ2n) is 6.03. The fraction of sp³-hybridized carbons (Fsp3) is 0.278.